The number of hydrogen-bond donors (Lipinski definition) is 1. The van der Waals surface area contributed by atoms with Gasteiger partial charge in [0.15, 0.2) is 0 Å². The molecule has 3 rings (SSSR count). The van der Waals surface area contributed by atoms with Crippen LogP contribution in [-0.4, -0.2) is 27.0 Å². The lowest BCUT2D eigenvalue weighted by atomic mass is 10.1. The molecule has 104 valence electrons. The first-order chi connectivity index (χ1) is 9.65. The fourth-order valence-corrected chi connectivity index (χ4v) is 2.31. The van der Waals surface area contributed by atoms with Crippen LogP contribution in [0.5, 0.6) is 0 Å². The molecule has 1 fully saturated rings. The molecule has 1 aliphatic carbocycles. The molecule has 0 spiro atoms. The number of aromatic amines is 1. The Labute approximate surface area is 116 Å². The number of carbonyl (C=O) groups is 1. The van der Waals surface area contributed by atoms with Crippen LogP contribution in [0.4, 0.5) is 4.39 Å². The van der Waals surface area contributed by atoms with E-state index in [0.717, 1.165) is 24.1 Å². The molecular weight excluding hydrogens is 257 g/mol. The first-order valence-corrected chi connectivity index (χ1v) is 6.70. The number of carbonyl (C=O) groups excluding carboxylic acids is 1. The molecule has 5 heteroatoms. The van der Waals surface area contributed by atoms with Gasteiger partial charge >= 0.3 is 0 Å². The summed E-state index contributed by atoms with van der Waals surface area (Å²) < 4.78 is 13.3. The normalized spacial score (nSPS) is 14.3. The number of aromatic nitrogens is 2. The summed E-state index contributed by atoms with van der Waals surface area (Å²) >= 11 is 0. The summed E-state index contributed by atoms with van der Waals surface area (Å²) in [5, 5.41) is 6.67. The lowest BCUT2D eigenvalue weighted by molar-refractivity contribution is 0.0729. The number of hydrogen-bond acceptors (Lipinski definition) is 2. The number of H-pyrrole nitrogens is 1. The largest absolute Gasteiger partial charge is 0.331 e. The van der Waals surface area contributed by atoms with E-state index in [1.807, 2.05) is 17.9 Å². The van der Waals surface area contributed by atoms with Crippen molar-refractivity contribution in [3.63, 3.8) is 0 Å². The highest BCUT2D eigenvalue weighted by atomic mass is 19.1. The summed E-state index contributed by atoms with van der Waals surface area (Å²) in [4.78, 5) is 14.4. The van der Waals surface area contributed by atoms with Gasteiger partial charge < -0.3 is 4.90 Å². The van der Waals surface area contributed by atoms with E-state index in [9.17, 15) is 9.18 Å². The Balaban J connectivity index is 1.83. The highest BCUT2D eigenvalue weighted by Gasteiger charge is 2.34. The minimum Gasteiger partial charge on any atom is -0.331 e. The summed E-state index contributed by atoms with van der Waals surface area (Å²) in [6.45, 7) is 2.26. The van der Waals surface area contributed by atoms with Crippen LogP contribution < -0.4 is 0 Å². The van der Waals surface area contributed by atoms with Crippen LogP contribution in [0.1, 0.15) is 34.5 Å². The van der Waals surface area contributed by atoms with Gasteiger partial charge in [-0.05, 0) is 37.5 Å². The second-order valence-corrected chi connectivity index (χ2v) is 5.20. The van der Waals surface area contributed by atoms with Gasteiger partial charge in [0.1, 0.15) is 5.82 Å². The quantitative estimate of drug-likeness (QED) is 0.931. The van der Waals surface area contributed by atoms with Crippen molar-refractivity contribution in [2.75, 3.05) is 0 Å². The van der Waals surface area contributed by atoms with E-state index in [1.165, 1.54) is 12.1 Å². The number of nitrogens with one attached hydrogen (secondary N) is 1. The van der Waals surface area contributed by atoms with Crippen molar-refractivity contribution in [3.8, 4) is 0 Å². The number of benzene rings is 1. The van der Waals surface area contributed by atoms with Crippen molar-refractivity contribution in [2.24, 2.45) is 0 Å². The van der Waals surface area contributed by atoms with E-state index in [0.29, 0.717) is 12.1 Å². The monoisotopic (exact) mass is 273 g/mol. The van der Waals surface area contributed by atoms with E-state index < -0.39 is 0 Å². The summed E-state index contributed by atoms with van der Waals surface area (Å²) in [5.41, 5.74) is 2.17. The molecule has 0 saturated heterocycles. The molecular formula is C15H16FN3O. The highest BCUT2D eigenvalue weighted by Crippen LogP contribution is 2.30. The molecule has 2 aromatic rings. The van der Waals surface area contributed by atoms with Crippen molar-refractivity contribution < 1.29 is 9.18 Å². The van der Waals surface area contributed by atoms with Crippen molar-refractivity contribution >= 4 is 5.91 Å². The Morgan fingerprint density at radius 2 is 2.30 bits per heavy atom. The standard InChI is InChI=1S/C15H16FN3O/c1-10-14(8-17-18-10)15(20)19(13-5-6-13)9-11-3-2-4-12(16)7-11/h2-4,7-8,13H,5-6,9H2,1H3,(H,17,18). The van der Waals surface area contributed by atoms with Crippen LogP contribution in [0.2, 0.25) is 0 Å². The lowest BCUT2D eigenvalue weighted by Crippen LogP contribution is -2.32. The second-order valence-electron chi connectivity index (χ2n) is 5.20. The molecule has 1 saturated carbocycles. The number of rotatable bonds is 4. The van der Waals surface area contributed by atoms with Crippen molar-refractivity contribution in [1.82, 2.24) is 15.1 Å². The summed E-state index contributed by atoms with van der Waals surface area (Å²) in [5.74, 6) is -0.312. The van der Waals surface area contributed by atoms with Gasteiger partial charge in [-0.1, -0.05) is 12.1 Å². The molecule has 0 aliphatic heterocycles. The van der Waals surface area contributed by atoms with Crippen molar-refractivity contribution in [1.29, 1.82) is 0 Å². The third-order valence-corrected chi connectivity index (χ3v) is 3.55. The topological polar surface area (TPSA) is 49.0 Å². The van der Waals surface area contributed by atoms with Gasteiger partial charge in [0, 0.05) is 18.3 Å². The minimum atomic E-state index is -0.273. The molecule has 0 unspecified atom stereocenters. The predicted octanol–water partition coefficient (Wildman–Crippen LogP) is 2.66. The van der Waals surface area contributed by atoms with Crippen molar-refractivity contribution in [3.05, 3.63) is 53.1 Å². The van der Waals surface area contributed by atoms with E-state index >= 15 is 0 Å². The van der Waals surface area contributed by atoms with Gasteiger partial charge in [0.05, 0.1) is 11.8 Å². The van der Waals surface area contributed by atoms with E-state index in [2.05, 4.69) is 10.2 Å². The van der Waals surface area contributed by atoms with Gasteiger partial charge in [-0.15, -0.1) is 0 Å². The predicted molar refractivity (Wildman–Crippen MR) is 72.6 cm³/mol. The van der Waals surface area contributed by atoms with E-state index in [1.54, 1.807) is 12.3 Å². The van der Waals surface area contributed by atoms with E-state index in [4.69, 9.17) is 0 Å². The van der Waals surface area contributed by atoms with Crippen LogP contribution in [0.15, 0.2) is 30.5 Å². The van der Waals surface area contributed by atoms with Gasteiger partial charge in [0.2, 0.25) is 0 Å². The first kappa shape index (κ1) is 12.8. The number of aryl methyl sites for hydroxylation is 1. The van der Waals surface area contributed by atoms with Gasteiger partial charge in [-0.3, -0.25) is 9.89 Å². The number of nitrogens with zero attached hydrogens (tertiary/aromatic N) is 2. The SMILES string of the molecule is Cc1[nH]ncc1C(=O)N(Cc1cccc(F)c1)C1CC1. The second kappa shape index (κ2) is 5.07. The van der Waals surface area contributed by atoms with Gasteiger partial charge in [-0.2, -0.15) is 5.10 Å². The fourth-order valence-electron chi connectivity index (χ4n) is 2.31. The van der Waals surface area contributed by atoms with Gasteiger partial charge in [-0.25, -0.2) is 4.39 Å². The third-order valence-electron chi connectivity index (χ3n) is 3.55. The maximum Gasteiger partial charge on any atom is 0.257 e. The summed E-state index contributed by atoms with van der Waals surface area (Å²) in [6.07, 6.45) is 3.58. The molecule has 1 N–H and O–H groups in total. The number of halogens is 1. The average molecular weight is 273 g/mol. The molecule has 1 aromatic carbocycles. The maximum atomic E-state index is 13.3. The average Bonchev–Trinajstić information content (AvgIpc) is 3.17. The molecule has 0 radical (unpaired) electrons. The molecule has 1 aliphatic rings. The smallest absolute Gasteiger partial charge is 0.257 e. The zero-order valence-corrected chi connectivity index (χ0v) is 11.3. The highest BCUT2D eigenvalue weighted by molar-refractivity contribution is 5.95. The number of amides is 1. The van der Waals surface area contributed by atoms with Crippen LogP contribution >= 0.6 is 0 Å². The molecule has 20 heavy (non-hydrogen) atoms. The lowest BCUT2D eigenvalue weighted by Gasteiger charge is -2.22. The minimum absolute atomic E-state index is 0.0389. The molecule has 1 aromatic heterocycles. The molecule has 0 bridgehead atoms. The third kappa shape index (κ3) is 2.57. The first-order valence-electron chi connectivity index (χ1n) is 6.70. The van der Waals surface area contributed by atoms with Crippen LogP contribution in [-0.2, 0) is 6.54 Å². The molecule has 1 heterocycles. The Hall–Kier alpha value is -2.17. The molecule has 1 amide bonds. The Bertz CT molecular complexity index is 634. The zero-order chi connectivity index (χ0) is 14.1. The van der Waals surface area contributed by atoms with Crippen LogP contribution in [0, 0.1) is 12.7 Å². The zero-order valence-electron chi connectivity index (χ0n) is 11.3. The van der Waals surface area contributed by atoms with Gasteiger partial charge in [0.25, 0.3) is 5.91 Å². The summed E-state index contributed by atoms with van der Waals surface area (Å²) in [7, 11) is 0. The molecule has 4 nitrogen and oxygen atoms in total. The summed E-state index contributed by atoms with van der Waals surface area (Å²) in [6, 6.07) is 6.66. The molecule has 0 atom stereocenters. The Morgan fingerprint density at radius 3 is 2.90 bits per heavy atom. The van der Waals surface area contributed by atoms with Crippen molar-refractivity contribution in [2.45, 2.75) is 32.4 Å². The Kier molecular flexibility index (Phi) is 3.26. The fraction of sp³-hybridized carbons (Fsp3) is 0.333. The van der Waals surface area contributed by atoms with E-state index in [-0.39, 0.29) is 17.8 Å². The Morgan fingerprint density at radius 1 is 1.50 bits per heavy atom. The maximum absolute atomic E-state index is 13.3. The van der Waals surface area contributed by atoms with Crippen LogP contribution in [0.25, 0.3) is 0 Å². The van der Waals surface area contributed by atoms with Crippen LogP contribution in [0.3, 0.4) is 0 Å².